The van der Waals surface area contributed by atoms with Crippen molar-refractivity contribution >= 4 is 29.3 Å². The summed E-state index contributed by atoms with van der Waals surface area (Å²) >= 11 is 1.87. The summed E-state index contributed by atoms with van der Waals surface area (Å²) in [6.45, 7) is 3.17. The molecule has 7 heteroatoms. The highest BCUT2D eigenvalue weighted by Gasteiger charge is 2.24. The Morgan fingerprint density at radius 2 is 1.86 bits per heavy atom. The maximum atomic E-state index is 12.9. The van der Waals surface area contributed by atoms with Gasteiger partial charge in [-0.1, -0.05) is 6.07 Å². The zero-order valence-electron chi connectivity index (χ0n) is 15.6. The van der Waals surface area contributed by atoms with Gasteiger partial charge in [0.05, 0.1) is 0 Å². The van der Waals surface area contributed by atoms with E-state index in [1.165, 1.54) is 12.5 Å². The van der Waals surface area contributed by atoms with E-state index in [0.29, 0.717) is 23.0 Å². The van der Waals surface area contributed by atoms with E-state index in [9.17, 15) is 9.59 Å². The fourth-order valence-electron chi connectivity index (χ4n) is 3.43. The third-order valence-electron chi connectivity index (χ3n) is 4.85. The Labute approximate surface area is 168 Å². The molecule has 0 radical (unpaired) electrons. The van der Waals surface area contributed by atoms with Crippen LogP contribution in [0.4, 0.5) is 5.69 Å². The summed E-state index contributed by atoms with van der Waals surface area (Å²) in [6.07, 6.45) is 0.889. The van der Waals surface area contributed by atoms with Crippen molar-refractivity contribution in [1.82, 2.24) is 4.90 Å². The van der Waals surface area contributed by atoms with Crippen molar-refractivity contribution in [2.75, 3.05) is 31.0 Å². The number of hydrogen-bond donors (Lipinski definition) is 1. The zero-order chi connectivity index (χ0) is 19.5. The molecule has 4 rings (SSSR count). The minimum atomic E-state index is -0.127. The van der Waals surface area contributed by atoms with Crippen LogP contribution in [0.3, 0.4) is 0 Å². The molecule has 2 aliphatic rings. The van der Waals surface area contributed by atoms with Gasteiger partial charge < -0.3 is 19.7 Å². The number of rotatable bonds is 3. The average molecular weight is 398 g/mol. The number of thioether (sulfide) groups is 1. The first-order chi connectivity index (χ1) is 13.6. The lowest BCUT2D eigenvalue weighted by Gasteiger charge is -2.20. The molecular weight excluding hydrogens is 376 g/mol. The second-order valence-electron chi connectivity index (χ2n) is 6.81. The third kappa shape index (κ3) is 4.09. The standard InChI is InChI=1S/C21H22N2O4S/c1-14(24)22-17-5-2-15(3-6-17)21(25)23-9-8-20(28-11-10-23)16-4-7-18-19(12-16)27-13-26-18/h2-7,12,20H,8-11,13H2,1H3,(H,22,24). The Hall–Kier alpha value is -2.67. The average Bonchev–Trinajstić information content (AvgIpc) is 3.02. The summed E-state index contributed by atoms with van der Waals surface area (Å²) in [4.78, 5) is 25.9. The van der Waals surface area contributed by atoms with Crippen LogP contribution in [-0.2, 0) is 4.79 Å². The van der Waals surface area contributed by atoms with Crippen LogP contribution in [0.2, 0.25) is 0 Å². The number of fused-ring (bicyclic) bond motifs is 1. The highest BCUT2D eigenvalue weighted by atomic mass is 32.2. The number of ether oxygens (including phenoxy) is 2. The Morgan fingerprint density at radius 3 is 2.64 bits per heavy atom. The first-order valence-corrected chi connectivity index (χ1v) is 10.3. The van der Waals surface area contributed by atoms with Gasteiger partial charge in [0.25, 0.3) is 5.91 Å². The smallest absolute Gasteiger partial charge is 0.253 e. The number of nitrogens with zero attached hydrogens (tertiary/aromatic N) is 1. The normalized spacial score (nSPS) is 18.5. The molecule has 2 aromatic carbocycles. The van der Waals surface area contributed by atoms with E-state index in [0.717, 1.165) is 30.2 Å². The summed E-state index contributed by atoms with van der Waals surface area (Å²) in [6, 6.07) is 13.2. The number of carbonyl (C=O) groups is 2. The van der Waals surface area contributed by atoms with Crippen molar-refractivity contribution in [2.45, 2.75) is 18.6 Å². The van der Waals surface area contributed by atoms with Gasteiger partial charge in [-0.3, -0.25) is 9.59 Å². The molecule has 0 aromatic heterocycles. The van der Waals surface area contributed by atoms with Gasteiger partial charge >= 0.3 is 0 Å². The van der Waals surface area contributed by atoms with Crippen LogP contribution in [-0.4, -0.2) is 42.3 Å². The first kappa shape index (κ1) is 18.7. The lowest BCUT2D eigenvalue weighted by molar-refractivity contribution is -0.114. The summed E-state index contributed by atoms with van der Waals surface area (Å²) in [5.41, 5.74) is 2.54. The molecule has 2 amide bonds. The summed E-state index contributed by atoms with van der Waals surface area (Å²) in [5, 5.41) is 3.04. The lowest BCUT2D eigenvalue weighted by atomic mass is 10.1. The maximum Gasteiger partial charge on any atom is 0.253 e. The monoisotopic (exact) mass is 398 g/mol. The van der Waals surface area contributed by atoms with Gasteiger partial charge in [0.1, 0.15) is 0 Å². The van der Waals surface area contributed by atoms with E-state index in [-0.39, 0.29) is 18.6 Å². The number of amides is 2. The predicted molar refractivity (Wildman–Crippen MR) is 109 cm³/mol. The molecule has 28 heavy (non-hydrogen) atoms. The number of benzene rings is 2. The Bertz CT molecular complexity index is 884. The third-order valence-corrected chi connectivity index (χ3v) is 6.18. The molecule has 0 aliphatic carbocycles. The second-order valence-corrected chi connectivity index (χ2v) is 8.12. The van der Waals surface area contributed by atoms with Crippen LogP contribution >= 0.6 is 11.8 Å². The summed E-state index contributed by atoms with van der Waals surface area (Å²) in [5.74, 6) is 2.38. The van der Waals surface area contributed by atoms with Gasteiger partial charge in [-0.2, -0.15) is 11.8 Å². The highest BCUT2D eigenvalue weighted by Crippen LogP contribution is 2.40. The van der Waals surface area contributed by atoms with Crippen LogP contribution in [0.15, 0.2) is 42.5 Å². The lowest BCUT2D eigenvalue weighted by Crippen LogP contribution is -2.32. The number of hydrogen-bond acceptors (Lipinski definition) is 5. The van der Waals surface area contributed by atoms with Crippen molar-refractivity contribution in [3.05, 3.63) is 53.6 Å². The molecule has 146 valence electrons. The summed E-state index contributed by atoms with van der Waals surface area (Å²) < 4.78 is 10.9. The van der Waals surface area contributed by atoms with Gasteiger partial charge in [-0.05, 0) is 48.4 Å². The minimum Gasteiger partial charge on any atom is -0.454 e. The van der Waals surface area contributed by atoms with Crippen molar-refractivity contribution in [1.29, 1.82) is 0 Å². The number of anilines is 1. The minimum absolute atomic E-state index is 0.0290. The zero-order valence-corrected chi connectivity index (χ0v) is 16.5. The molecule has 2 aromatic rings. The maximum absolute atomic E-state index is 12.9. The molecule has 6 nitrogen and oxygen atoms in total. The van der Waals surface area contributed by atoms with Gasteiger partial charge in [0, 0.05) is 42.3 Å². The first-order valence-electron chi connectivity index (χ1n) is 9.28. The van der Waals surface area contributed by atoms with Crippen molar-refractivity contribution in [3.8, 4) is 11.5 Å². The van der Waals surface area contributed by atoms with Gasteiger partial charge in [0.2, 0.25) is 12.7 Å². The Balaban J connectivity index is 1.40. The quantitative estimate of drug-likeness (QED) is 0.854. The van der Waals surface area contributed by atoms with Gasteiger partial charge in [-0.15, -0.1) is 0 Å². The van der Waals surface area contributed by atoms with Gasteiger partial charge in [-0.25, -0.2) is 0 Å². The van der Waals surface area contributed by atoms with Crippen LogP contribution in [0.5, 0.6) is 11.5 Å². The van der Waals surface area contributed by atoms with Crippen LogP contribution in [0, 0.1) is 0 Å². The SMILES string of the molecule is CC(=O)Nc1ccc(C(=O)N2CCSC(c3ccc4c(c3)OCO4)CC2)cc1. The molecular formula is C21H22N2O4S. The fourth-order valence-corrected chi connectivity index (χ4v) is 4.66. The molecule has 1 saturated heterocycles. The molecule has 1 atom stereocenters. The molecule has 2 aliphatic heterocycles. The van der Waals surface area contributed by atoms with E-state index >= 15 is 0 Å². The van der Waals surface area contributed by atoms with Gasteiger partial charge in [0.15, 0.2) is 11.5 Å². The Morgan fingerprint density at radius 1 is 1.07 bits per heavy atom. The number of nitrogens with one attached hydrogen (secondary N) is 1. The molecule has 0 saturated carbocycles. The van der Waals surface area contributed by atoms with E-state index < -0.39 is 0 Å². The fraction of sp³-hybridized carbons (Fsp3) is 0.333. The van der Waals surface area contributed by atoms with E-state index in [4.69, 9.17) is 9.47 Å². The molecule has 0 spiro atoms. The second kappa shape index (κ2) is 8.14. The molecule has 2 heterocycles. The van der Waals surface area contributed by atoms with E-state index in [1.807, 2.05) is 22.7 Å². The highest BCUT2D eigenvalue weighted by molar-refractivity contribution is 7.99. The largest absolute Gasteiger partial charge is 0.454 e. The van der Waals surface area contributed by atoms with E-state index in [1.54, 1.807) is 24.3 Å². The van der Waals surface area contributed by atoms with Crippen LogP contribution in [0.25, 0.3) is 0 Å². The van der Waals surface area contributed by atoms with Crippen molar-refractivity contribution in [2.24, 2.45) is 0 Å². The Kier molecular flexibility index (Phi) is 5.43. The van der Waals surface area contributed by atoms with Crippen LogP contribution < -0.4 is 14.8 Å². The molecule has 0 bridgehead atoms. The topological polar surface area (TPSA) is 67.9 Å². The number of carbonyl (C=O) groups excluding carboxylic acids is 2. The molecule has 1 fully saturated rings. The van der Waals surface area contributed by atoms with Crippen molar-refractivity contribution < 1.29 is 19.1 Å². The predicted octanol–water partition coefficient (Wildman–Crippen LogP) is 3.69. The molecule has 1 unspecified atom stereocenters. The van der Waals surface area contributed by atoms with Crippen molar-refractivity contribution in [3.63, 3.8) is 0 Å². The van der Waals surface area contributed by atoms with E-state index in [2.05, 4.69) is 17.4 Å². The van der Waals surface area contributed by atoms with Crippen LogP contribution in [0.1, 0.15) is 34.5 Å². The molecule has 1 N–H and O–H groups in total. The summed E-state index contributed by atoms with van der Waals surface area (Å²) in [7, 11) is 0.